The number of guanidine groups is 1. The largest absolute Gasteiger partial charge is 0.444 e. The first kappa shape index (κ1) is 24.6. The molecule has 0 aliphatic carbocycles. The lowest BCUT2D eigenvalue weighted by atomic mass is 10.1. The van der Waals surface area contributed by atoms with Crippen LogP contribution in [-0.4, -0.2) is 60.9 Å². The van der Waals surface area contributed by atoms with Crippen LogP contribution in [0.2, 0.25) is 0 Å². The van der Waals surface area contributed by atoms with E-state index in [1.165, 1.54) is 5.56 Å². The minimum atomic E-state index is -3.08. The highest BCUT2D eigenvalue weighted by molar-refractivity contribution is 14.0. The second kappa shape index (κ2) is 10.1. The molecule has 3 rings (SSSR count). The lowest BCUT2D eigenvalue weighted by Gasteiger charge is -2.39. The van der Waals surface area contributed by atoms with E-state index in [1.807, 2.05) is 43.0 Å². The Balaban J connectivity index is 0.00000320. The summed E-state index contributed by atoms with van der Waals surface area (Å²) < 4.78 is 29.3. The van der Waals surface area contributed by atoms with Gasteiger partial charge in [0.2, 0.25) is 5.89 Å². The van der Waals surface area contributed by atoms with E-state index in [2.05, 4.69) is 10.3 Å². The summed E-state index contributed by atoms with van der Waals surface area (Å²) in [7, 11) is -3.08. The molecule has 9 heteroatoms. The monoisotopic (exact) mass is 546 g/mol. The molecule has 0 unspecified atom stereocenters. The number of rotatable bonds is 5. The Hall–Kier alpha value is -1.62. The van der Waals surface area contributed by atoms with E-state index in [-0.39, 0.29) is 29.7 Å². The number of aliphatic imine (C=N–C) groups is 1. The first-order valence-electron chi connectivity index (χ1n) is 9.99. The molecule has 0 amide bonds. The number of nitrogens with zero attached hydrogens (tertiary/aromatic N) is 3. The van der Waals surface area contributed by atoms with Gasteiger partial charge in [0.1, 0.15) is 6.26 Å². The fraction of sp³-hybridized carbons (Fsp3) is 0.524. The summed E-state index contributed by atoms with van der Waals surface area (Å²) in [6.45, 7) is 9.77. The Bertz CT molecular complexity index is 968. The first-order valence-corrected chi connectivity index (χ1v) is 11.6. The molecule has 1 aliphatic rings. The third-order valence-electron chi connectivity index (χ3n) is 5.16. The summed E-state index contributed by atoms with van der Waals surface area (Å²) in [5.41, 5.74) is 3.00. The maximum Gasteiger partial charge on any atom is 0.226 e. The zero-order chi connectivity index (χ0) is 21.1. The fourth-order valence-electron chi connectivity index (χ4n) is 3.28. The van der Waals surface area contributed by atoms with E-state index in [4.69, 9.17) is 9.41 Å². The number of oxazole rings is 1. The van der Waals surface area contributed by atoms with Gasteiger partial charge in [-0.3, -0.25) is 4.99 Å². The van der Waals surface area contributed by atoms with E-state index in [1.54, 1.807) is 20.1 Å². The van der Waals surface area contributed by atoms with Crippen LogP contribution in [0, 0.1) is 6.92 Å². The molecular formula is C21H31IN4O3S. The van der Waals surface area contributed by atoms with Crippen LogP contribution < -0.4 is 5.32 Å². The third kappa shape index (κ3) is 5.75. The Labute approximate surface area is 196 Å². The van der Waals surface area contributed by atoms with Crippen LogP contribution >= 0.6 is 24.0 Å². The molecule has 0 bridgehead atoms. The van der Waals surface area contributed by atoms with Gasteiger partial charge in [-0.05, 0) is 39.8 Å². The molecule has 1 N–H and O–H groups in total. The molecule has 30 heavy (non-hydrogen) atoms. The summed E-state index contributed by atoms with van der Waals surface area (Å²) in [5.74, 6) is 1.50. The molecule has 0 atom stereocenters. The lowest BCUT2D eigenvalue weighted by molar-refractivity contribution is 0.353. The summed E-state index contributed by atoms with van der Waals surface area (Å²) >= 11 is 0. The number of hydrogen-bond acceptors (Lipinski definition) is 5. The van der Waals surface area contributed by atoms with E-state index in [0.717, 1.165) is 23.8 Å². The van der Waals surface area contributed by atoms with Crippen LogP contribution in [0.4, 0.5) is 0 Å². The maximum absolute atomic E-state index is 12.3. The topological polar surface area (TPSA) is 87.8 Å². The van der Waals surface area contributed by atoms with Crippen molar-refractivity contribution in [3.63, 3.8) is 0 Å². The SMILES string of the molecule is CCNC(=NCCc1coc(-c2ccc(C)cc2)n1)N1CCS(=O)(=O)C(C)(C)C1.I. The normalized spacial score (nSPS) is 18.0. The molecule has 1 fully saturated rings. The van der Waals surface area contributed by atoms with Gasteiger partial charge in [0, 0.05) is 38.2 Å². The smallest absolute Gasteiger partial charge is 0.226 e. The van der Waals surface area contributed by atoms with Gasteiger partial charge in [-0.25, -0.2) is 13.4 Å². The van der Waals surface area contributed by atoms with Crippen LogP contribution in [0.5, 0.6) is 0 Å². The Morgan fingerprint density at radius 2 is 2.00 bits per heavy atom. The molecule has 1 aliphatic heterocycles. The molecule has 2 heterocycles. The number of nitrogens with one attached hydrogen (secondary N) is 1. The summed E-state index contributed by atoms with van der Waals surface area (Å²) in [4.78, 5) is 11.3. The van der Waals surface area contributed by atoms with Crippen LogP contribution in [-0.2, 0) is 16.3 Å². The van der Waals surface area contributed by atoms with Gasteiger partial charge in [-0.15, -0.1) is 24.0 Å². The van der Waals surface area contributed by atoms with Crippen LogP contribution in [0.25, 0.3) is 11.5 Å². The number of sulfone groups is 1. The van der Waals surface area contributed by atoms with E-state index >= 15 is 0 Å². The zero-order valence-corrected chi connectivity index (χ0v) is 21.2. The summed E-state index contributed by atoms with van der Waals surface area (Å²) in [5, 5.41) is 3.28. The number of halogens is 1. The van der Waals surface area contributed by atoms with Gasteiger partial charge in [0.15, 0.2) is 15.8 Å². The Morgan fingerprint density at radius 3 is 2.63 bits per heavy atom. The highest BCUT2D eigenvalue weighted by atomic mass is 127. The van der Waals surface area contributed by atoms with E-state index < -0.39 is 14.6 Å². The van der Waals surface area contributed by atoms with Crippen molar-refractivity contribution in [3.8, 4) is 11.5 Å². The highest BCUT2D eigenvalue weighted by Crippen LogP contribution is 2.24. The van der Waals surface area contributed by atoms with Crippen LogP contribution in [0.15, 0.2) is 39.9 Å². The van der Waals surface area contributed by atoms with Crippen LogP contribution in [0.1, 0.15) is 32.0 Å². The molecular weight excluding hydrogens is 515 g/mol. The molecule has 7 nitrogen and oxygen atoms in total. The molecule has 1 saturated heterocycles. The third-order valence-corrected chi connectivity index (χ3v) is 7.69. The van der Waals surface area contributed by atoms with E-state index in [9.17, 15) is 8.42 Å². The van der Waals surface area contributed by atoms with Crippen molar-refractivity contribution < 1.29 is 12.8 Å². The minimum absolute atomic E-state index is 0. The standard InChI is InChI=1S/C21H30N4O3S.HI/c1-5-22-20(25-12-13-29(26,27)21(3,4)15-25)23-11-10-18-14-28-19(24-18)17-8-6-16(2)7-9-17;/h6-9,14H,5,10-13,15H2,1-4H3,(H,22,23);1H. The van der Waals surface area contributed by atoms with Crippen molar-refractivity contribution in [1.29, 1.82) is 0 Å². The molecule has 0 radical (unpaired) electrons. The average Bonchev–Trinajstić information content (AvgIpc) is 3.13. The van der Waals surface area contributed by atoms with Gasteiger partial charge in [-0.1, -0.05) is 17.7 Å². The van der Waals surface area contributed by atoms with Crippen molar-refractivity contribution in [2.24, 2.45) is 4.99 Å². The minimum Gasteiger partial charge on any atom is -0.444 e. The van der Waals surface area contributed by atoms with Gasteiger partial charge < -0.3 is 14.6 Å². The summed E-state index contributed by atoms with van der Waals surface area (Å²) in [6.07, 6.45) is 2.33. The number of benzene rings is 1. The number of aryl methyl sites for hydroxylation is 1. The van der Waals surface area contributed by atoms with Crippen molar-refractivity contribution in [2.45, 2.75) is 38.9 Å². The van der Waals surface area contributed by atoms with Gasteiger partial charge in [-0.2, -0.15) is 0 Å². The van der Waals surface area contributed by atoms with Gasteiger partial charge in [0.25, 0.3) is 0 Å². The molecule has 166 valence electrons. The predicted octanol–water partition coefficient (Wildman–Crippen LogP) is 3.29. The average molecular weight is 546 g/mol. The maximum atomic E-state index is 12.3. The van der Waals surface area contributed by atoms with E-state index in [0.29, 0.717) is 31.9 Å². The quantitative estimate of drug-likeness (QED) is 0.352. The lowest BCUT2D eigenvalue weighted by Crippen LogP contribution is -2.57. The van der Waals surface area contributed by atoms with Crippen LogP contribution in [0.3, 0.4) is 0 Å². The van der Waals surface area contributed by atoms with Crippen molar-refractivity contribution in [3.05, 3.63) is 41.8 Å². The molecule has 1 aromatic carbocycles. The fourth-order valence-corrected chi connectivity index (χ4v) is 4.64. The highest BCUT2D eigenvalue weighted by Gasteiger charge is 2.40. The Kier molecular flexibility index (Phi) is 8.32. The Morgan fingerprint density at radius 1 is 1.30 bits per heavy atom. The predicted molar refractivity (Wildman–Crippen MR) is 131 cm³/mol. The van der Waals surface area contributed by atoms with Crippen molar-refractivity contribution in [2.75, 3.05) is 31.9 Å². The molecule has 0 spiro atoms. The molecule has 2 aromatic rings. The molecule has 1 aromatic heterocycles. The number of hydrogen-bond donors (Lipinski definition) is 1. The second-order valence-corrected chi connectivity index (χ2v) is 10.7. The van der Waals surface area contributed by atoms with Crippen molar-refractivity contribution in [1.82, 2.24) is 15.2 Å². The zero-order valence-electron chi connectivity index (χ0n) is 18.0. The number of aromatic nitrogens is 1. The van der Waals surface area contributed by atoms with Crippen molar-refractivity contribution >= 4 is 39.8 Å². The van der Waals surface area contributed by atoms with Gasteiger partial charge in [0.05, 0.1) is 16.2 Å². The first-order chi connectivity index (χ1) is 13.7. The van der Waals surface area contributed by atoms with Gasteiger partial charge >= 0.3 is 0 Å². The second-order valence-electron chi connectivity index (χ2n) is 8.00. The summed E-state index contributed by atoms with van der Waals surface area (Å²) in [6, 6.07) is 8.07. The molecule has 0 saturated carbocycles.